The van der Waals surface area contributed by atoms with Gasteiger partial charge in [0.25, 0.3) is 11.5 Å². The number of benzene rings is 2. The number of carbonyl (C=O) groups is 1. The molecule has 6 rings (SSSR count). The summed E-state index contributed by atoms with van der Waals surface area (Å²) in [5.74, 6) is 0.842. The van der Waals surface area contributed by atoms with E-state index in [1.807, 2.05) is 59.0 Å². The van der Waals surface area contributed by atoms with Crippen LogP contribution in [0.2, 0.25) is 0 Å². The summed E-state index contributed by atoms with van der Waals surface area (Å²) < 4.78 is 7.73. The molecule has 0 radical (unpaired) electrons. The molecule has 1 aliphatic heterocycles. The number of piperidine rings is 1. The number of nitrogens with zero attached hydrogens (tertiary/aromatic N) is 3. The maximum absolute atomic E-state index is 14.7. The van der Waals surface area contributed by atoms with Crippen molar-refractivity contribution in [1.82, 2.24) is 14.5 Å². The molecule has 4 aromatic rings. The predicted molar refractivity (Wildman–Crippen MR) is 180 cm³/mol. The van der Waals surface area contributed by atoms with E-state index >= 15 is 0 Å². The zero-order valence-electron chi connectivity index (χ0n) is 26.2. The molecular weight excluding hydrogens is 566 g/mol. The summed E-state index contributed by atoms with van der Waals surface area (Å²) in [5.41, 5.74) is 7.33. The van der Waals surface area contributed by atoms with Crippen molar-refractivity contribution in [1.29, 1.82) is 0 Å². The van der Waals surface area contributed by atoms with Crippen molar-refractivity contribution in [2.24, 2.45) is 0 Å². The van der Waals surface area contributed by atoms with E-state index in [1.54, 1.807) is 6.07 Å². The standard InChI is InChI=1S/C37H41N3O3S/c1-5-25-11-10-12-26(6-2)34(25)40-33(21-24(3)4)30(36(41)39-19-8-7-9-20-39)22-31(37(40)42)35-38-32(23-44-35)27-13-15-28(16-14-27)43-29-17-18-29/h10-16,21-23,29H,5-9,17-20H2,1-4H3. The highest BCUT2D eigenvalue weighted by Gasteiger charge is 2.28. The molecule has 1 saturated heterocycles. The van der Waals surface area contributed by atoms with E-state index in [2.05, 4.69) is 32.0 Å². The molecule has 2 aromatic carbocycles. The second kappa shape index (κ2) is 12.9. The van der Waals surface area contributed by atoms with Crippen molar-refractivity contribution in [3.63, 3.8) is 0 Å². The van der Waals surface area contributed by atoms with Crippen LogP contribution in [0.4, 0.5) is 0 Å². The highest BCUT2D eigenvalue weighted by Crippen LogP contribution is 2.33. The quantitative estimate of drug-likeness (QED) is 0.192. The lowest BCUT2D eigenvalue weighted by atomic mass is 9.99. The molecule has 1 amide bonds. The van der Waals surface area contributed by atoms with E-state index in [0.29, 0.717) is 27.9 Å². The molecule has 0 atom stereocenters. The Labute approximate surface area is 264 Å². The van der Waals surface area contributed by atoms with Gasteiger partial charge in [-0.3, -0.25) is 14.2 Å². The molecule has 0 N–H and O–H groups in total. The molecular formula is C37H41N3O3S. The molecule has 0 unspecified atom stereocenters. The number of hydrogen-bond donors (Lipinski definition) is 0. The molecule has 0 bridgehead atoms. The van der Waals surface area contributed by atoms with Crippen LogP contribution in [0.1, 0.15) is 87.0 Å². The van der Waals surface area contributed by atoms with Gasteiger partial charge < -0.3 is 9.64 Å². The molecule has 2 fully saturated rings. The molecule has 44 heavy (non-hydrogen) atoms. The number of aryl methyl sites for hydroxylation is 2. The summed E-state index contributed by atoms with van der Waals surface area (Å²) in [5, 5.41) is 2.60. The average Bonchev–Trinajstić information content (AvgIpc) is 3.73. The molecule has 6 nitrogen and oxygen atoms in total. The lowest BCUT2D eigenvalue weighted by Gasteiger charge is -2.28. The zero-order chi connectivity index (χ0) is 30.8. The Balaban J connectivity index is 1.55. The number of hydrogen-bond acceptors (Lipinski definition) is 5. The Hall–Kier alpha value is -3.97. The first-order valence-electron chi connectivity index (χ1n) is 16.0. The van der Waals surface area contributed by atoms with Crippen LogP contribution in [0.5, 0.6) is 5.75 Å². The second-order valence-corrected chi connectivity index (χ2v) is 12.9. The monoisotopic (exact) mass is 607 g/mol. The Morgan fingerprint density at radius 2 is 1.68 bits per heavy atom. The molecule has 0 spiro atoms. The summed E-state index contributed by atoms with van der Waals surface area (Å²) in [4.78, 5) is 35.9. The predicted octanol–water partition coefficient (Wildman–Crippen LogP) is 8.34. The van der Waals surface area contributed by atoms with Crippen LogP contribution >= 0.6 is 11.3 Å². The van der Waals surface area contributed by atoms with Gasteiger partial charge in [-0.05, 0) is 106 Å². The molecule has 2 aliphatic rings. The number of pyridine rings is 1. The Kier molecular flexibility index (Phi) is 8.85. The second-order valence-electron chi connectivity index (χ2n) is 12.1. The van der Waals surface area contributed by atoms with Crippen LogP contribution in [0.25, 0.3) is 33.6 Å². The number of thiazole rings is 1. The van der Waals surface area contributed by atoms with Crippen molar-refractivity contribution in [3.8, 4) is 33.3 Å². The van der Waals surface area contributed by atoms with Crippen molar-refractivity contribution in [3.05, 3.63) is 92.2 Å². The number of amides is 1. The zero-order valence-corrected chi connectivity index (χ0v) is 27.0. The van der Waals surface area contributed by atoms with Gasteiger partial charge in [-0.1, -0.05) is 37.6 Å². The van der Waals surface area contributed by atoms with Gasteiger partial charge in [-0.2, -0.15) is 0 Å². The van der Waals surface area contributed by atoms with Crippen LogP contribution in [-0.4, -0.2) is 39.6 Å². The lowest BCUT2D eigenvalue weighted by Crippen LogP contribution is -2.37. The molecule has 7 heteroatoms. The molecule has 1 aliphatic carbocycles. The van der Waals surface area contributed by atoms with Crippen molar-refractivity contribution >= 4 is 23.3 Å². The first-order chi connectivity index (χ1) is 21.4. The normalized spacial score (nSPS) is 14.9. The largest absolute Gasteiger partial charge is 0.490 e. The average molecular weight is 608 g/mol. The molecule has 228 valence electrons. The van der Waals surface area contributed by atoms with Gasteiger partial charge in [0, 0.05) is 24.0 Å². The van der Waals surface area contributed by atoms with Gasteiger partial charge in [-0.15, -0.1) is 11.3 Å². The van der Waals surface area contributed by atoms with E-state index in [9.17, 15) is 9.59 Å². The number of rotatable bonds is 9. The first-order valence-corrected chi connectivity index (χ1v) is 16.8. The third kappa shape index (κ3) is 6.16. The Morgan fingerprint density at radius 3 is 2.30 bits per heavy atom. The fourth-order valence-corrected chi connectivity index (χ4v) is 6.81. The summed E-state index contributed by atoms with van der Waals surface area (Å²) in [6.45, 7) is 9.71. The molecule has 1 saturated carbocycles. The van der Waals surface area contributed by atoms with Crippen molar-refractivity contribution in [2.45, 2.75) is 78.7 Å². The van der Waals surface area contributed by atoms with E-state index in [1.165, 1.54) is 11.3 Å². The van der Waals surface area contributed by atoms with Crippen molar-refractivity contribution < 1.29 is 9.53 Å². The minimum absolute atomic E-state index is 0.0257. The SMILES string of the molecule is CCc1cccc(CC)c1-n1c(C=C(C)C)c(C(=O)N2CCCCC2)cc(-c2nc(-c3ccc(OC4CC4)cc3)cs2)c1=O. The van der Waals surface area contributed by atoms with Crippen molar-refractivity contribution in [2.75, 3.05) is 13.1 Å². The number of allylic oxidation sites excluding steroid dienone is 1. The maximum atomic E-state index is 14.7. The summed E-state index contributed by atoms with van der Waals surface area (Å²) in [6, 6.07) is 16.0. The molecule has 3 heterocycles. The summed E-state index contributed by atoms with van der Waals surface area (Å²) in [7, 11) is 0. The highest BCUT2D eigenvalue weighted by atomic mass is 32.1. The van der Waals surface area contributed by atoms with Crippen LogP contribution in [0.3, 0.4) is 0 Å². The topological polar surface area (TPSA) is 64.4 Å². The van der Waals surface area contributed by atoms with Gasteiger partial charge in [0.2, 0.25) is 0 Å². The first kappa shape index (κ1) is 30.1. The van der Waals surface area contributed by atoms with E-state index in [-0.39, 0.29) is 11.5 Å². The third-order valence-electron chi connectivity index (χ3n) is 8.44. The van der Waals surface area contributed by atoms with Crippen LogP contribution < -0.4 is 10.3 Å². The maximum Gasteiger partial charge on any atom is 0.265 e. The van der Waals surface area contributed by atoms with Crippen LogP contribution in [-0.2, 0) is 12.8 Å². The fourth-order valence-electron chi connectivity index (χ4n) is 5.97. The minimum atomic E-state index is -0.155. The van der Waals surface area contributed by atoms with Gasteiger partial charge in [0.05, 0.1) is 34.3 Å². The van der Waals surface area contributed by atoms with Crippen LogP contribution in [0, 0.1) is 0 Å². The van der Waals surface area contributed by atoms with Gasteiger partial charge in [0.1, 0.15) is 10.8 Å². The Bertz CT molecular complexity index is 1730. The van der Waals surface area contributed by atoms with Gasteiger partial charge >= 0.3 is 0 Å². The summed E-state index contributed by atoms with van der Waals surface area (Å²) in [6.07, 6.45) is 9.23. The Morgan fingerprint density at radius 1 is 1.00 bits per heavy atom. The van der Waals surface area contributed by atoms with Crippen LogP contribution in [0.15, 0.2) is 64.3 Å². The highest BCUT2D eigenvalue weighted by molar-refractivity contribution is 7.13. The smallest absolute Gasteiger partial charge is 0.265 e. The molecule has 2 aromatic heterocycles. The van der Waals surface area contributed by atoms with Gasteiger partial charge in [-0.25, -0.2) is 4.98 Å². The summed E-state index contributed by atoms with van der Waals surface area (Å²) >= 11 is 1.44. The van der Waals surface area contributed by atoms with Gasteiger partial charge in [0.15, 0.2) is 0 Å². The number of para-hydroxylation sites is 1. The fraction of sp³-hybridized carbons (Fsp3) is 0.378. The lowest BCUT2D eigenvalue weighted by molar-refractivity contribution is 0.0723. The van der Waals surface area contributed by atoms with E-state index in [0.717, 1.165) is 97.4 Å². The number of carbonyl (C=O) groups excluding carboxylic acids is 1. The number of likely N-dealkylation sites (tertiary alicyclic amines) is 1. The van der Waals surface area contributed by atoms with E-state index < -0.39 is 0 Å². The third-order valence-corrected chi connectivity index (χ3v) is 9.31. The number of aromatic nitrogens is 2. The number of ether oxygens (including phenoxy) is 1. The minimum Gasteiger partial charge on any atom is -0.490 e. The van der Waals surface area contributed by atoms with E-state index in [4.69, 9.17) is 9.72 Å².